The molecule has 0 aliphatic rings. The predicted octanol–water partition coefficient (Wildman–Crippen LogP) is 2.28. The van der Waals surface area contributed by atoms with Crippen molar-refractivity contribution in [2.75, 3.05) is 26.4 Å². The molecule has 0 aliphatic heterocycles. The Morgan fingerprint density at radius 2 is 1.92 bits per heavy atom. The number of nitrogens with zero attached hydrogens (tertiary/aromatic N) is 1. The van der Waals surface area contributed by atoms with Gasteiger partial charge in [0.15, 0.2) is 15.8 Å². The van der Waals surface area contributed by atoms with Gasteiger partial charge >= 0.3 is 0 Å². The molecule has 1 rings (SSSR count). The van der Waals surface area contributed by atoms with Gasteiger partial charge in [-0.15, -0.1) is 24.0 Å². The smallest absolute Gasteiger partial charge is 0.191 e. The first-order valence-corrected chi connectivity index (χ1v) is 9.35. The van der Waals surface area contributed by atoms with Crippen LogP contribution in [0.2, 0.25) is 0 Å². The summed E-state index contributed by atoms with van der Waals surface area (Å²) in [6.07, 6.45) is 1.95. The Morgan fingerprint density at radius 1 is 1.29 bits per heavy atom. The average Bonchev–Trinajstić information content (AvgIpc) is 2.43. The first-order chi connectivity index (χ1) is 10.6. The fourth-order valence-electron chi connectivity index (χ4n) is 1.90. The third-order valence-electron chi connectivity index (χ3n) is 3.90. The van der Waals surface area contributed by atoms with E-state index in [1.807, 2.05) is 6.92 Å². The van der Waals surface area contributed by atoms with E-state index in [-0.39, 0.29) is 36.3 Å². The molecular formula is C16H27FIN3O2S. The molecule has 1 aromatic rings. The highest BCUT2D eigenvalue weighted by Gasteiger charge is 2.30. The first-order valence-electron chi connectivity index (χ1n) is 7.46. The Labute approximate surface area is 161 Å². The lowest BCUT2D eigenvalue weighted by Crippen LogP contribution is -2.48. The number of benzene rings is 1. The SMILES string of the molecule is CN=C(NCCc1ccc(F)cc1C)NCC(C)(C)S(C)(=O)=O.I. The molecule has 0 amide bonds. The van der Waals surface area contributed by atoms with Crippen molar-refractivity contribution in [2.24, 2.45) is 4.99 Å². The van der Waals surface area contributed by atoms with Gasteiger partial charge < -0.3 is 10.6 Å². The first kappa shape index (κ1) is 23.1. The summed E-state index contributed by atoms with van der Waals surface area (Å²) in [4.78, 5) is 4.08. The minimum Gasteiger partial charge on any atom is -0.356 e. The van der Waals surface area contributed by atoms with Gasteiger partial charge in [-0.3, -0.25) is 4.99 Å². The van der Waals surface area contributed by atoms with E-state index in [0.29, 0.717) is 12.5 Å². The molecule has 138 valence electrons. The molecule has 0 unspecified atom stereocenters. The topological polar surface area (TPSA) is 70.6 Å². The third-order valence-corrected chi connectivity index (χ3v) is 6.05. The second-order valence-corrected chi connectivity index (χ2v) is 8.85. The summed E-state index contributed by atoms with van der Waals surface area (Å²) in [5.74, 6) is 0.307. The van der Waals surface area contributed by atoms with E-state index >= 15 is 0 Å². The molecule has 0 heterocycles. The highest BCUT2D eigenvalue weighted by molar-refractivity contribution is 14.0. The van der Waals surface area contributed by atoms with Gasteiger partial charge in [-0.2, -0.15) is 0 Å². The summed E-state index contributed by atoms with van der Waals surface area (Å²) in [6, 6.07) is 4.73. The Bertz CT molecular complexity index is 676. The Kier molecular flexibility index (Phi) is 9.19. The van der Waals surface area contributed by atoms with Crippen LogP contribution in [-0.4, -0.2) is 45.5 Å². The molecule has 8 heteroatoms. The minimum absolute atomic E-state index is 0. The van der Waals surface area contributed by atoms with E-state index in [0.717, 1.165) is 17.5 Å². The Morgan fingerprint density at radius 3 is 2.42 bits per heavy atom. The van der Waals surface area contributed by atoms with Crippen LogP contribution in [0.25, 0.3) is 0 Å². The van der Waals surface area contributed by atoms with Crippen molar-refractivity contribution < 1.29 is 12.8 Å². The summed E-state index contributed by atoms with van der Waals surface area (Å²) < 4.78 is 35.6. The molecule has 24 heavy (non-hydrogen) atoms. The lowest BCUT2D eigenvalue weighted by molar-refractivity contribution is 0.544. The number of rotatable bonds is 6. The van der Waals surface area contributed by atoms with Crippen LogP contribution in [0, 0.1) is 12.7 Å². The molecule has 0 aliphatic carbocycles. The van der Waals surface area contributed by atoms with Crippen LogP contribution in [0.3, 0.4) is 0 Å². The van der Waals surface area contributed by atoms with Crippen molar-refractivity contribution in [2.45, 2.75) is 31.9 Å². The fraction of sp³-hybridized carbons (Fsp3) is 0.562. The van der Waals surface area contributed by atoms with Gasteiger partial charge in [-0.1, -0.05) is 6.07 Å². The molecule has 0 saturated carbocycles. The second-order valence-electron chi connectivity index (χ2n) is 6.21. The van der Waals surface area contributed by atoms with E-state index in [1.54, 1.807) is 27.0 Å². The van der Waals surface area contributed by atoms with Gasteiger partial charge in [-0.25, -0.2) is 12.8 Å². The molecule has 0 bridgehead atoms. The second kappa shape index (κ2) is 9.55. The highest BCUT2D eigenvalue weighted by Crippen LogP contribution is 2.13. The molecule has 0 saturated heterocycles. The van der Waals surface area contributed by atoms with Gasteiger partial charge in [0.25, 0.3) is 0 Å². The van der Waals surface area contributed by atoms with Crippen molar-refractivity contribution in [1.82, 2.24) is 10.6 Å². The quantitative estimate of drug-likeness (QED) is 0.380. The monoisotopic (exact) mass is 471 g/mol. The number of hydrogen-bond acceptors (Lipinski definition) is 3. The van der Waals surface area contributed by atoms with E-state index in [4.69, 9.17) is 0 Å². The zero-order chi connectivity index (χ0) is 17.7. The number of nitrogens with one attached hydrogen (secondary N) is 2. The van der Waals surface area contributed by atoms with Gasteiger partial charge in [0.2, 0.25) is 0 Å². The zero-order valence-corrected chi connectivity index (χ0v) is 18.0. The molecule has 0 radical (unpaired) electrons. The number of guanidine groups is 1. The van der Waals surface area contributed by atoms with Crippen LogP contribution in [-0.2, 0) is 16.3 Å². The van der Waals surface area contributed by atoms with Crippen molar-refractivity contribution in [1.29, 1.82) is 0 Å². The largest absolute Gasteiger partial charge is 0.356 e. The summed E-state index contributed by atoms with van der Waals surface area (Å²) in [5.41, 5.74) is 1.97. The maximum absolute atomic E-state index is 13.1. The summed E-state index contributed by atoms with van der Waals surface area (Å²) in [6.45, 7) is 6.10. The lowest BCUT2D eigenvalue weighted by Gasteiger charge is -2.24. The molecule has 0 aromatic heterocycles. The van der Waals surface area contributed by atoms with E-state index in [2.05, 4.69) is 15.6 Å². The number of halogens is 2. The van der Waals surface area contributed by atoms with Gasteiger partial charge in [0, 0.05) is 26.4 Å². The highest BCUT2D eigenvalue weighted by atomic mass is 127. The molecule has 0 fully saturated rings. The van der Waals surface area contributed by atoms with E-state index in [1.165, 1.54) is 18.4 Å². The summed E-state index contributed by atoms with van der Waals surface area (Å²) in [5, 5.41) is 6.16. The maximum atomic E-state index is 13.1. The predicted molar refractivity (Wildman–Crippen MR) is 109 cm³/mol. The number of aryl methyl sites for hydroxylation is 1. The minimum atomic E-state index is -3.16. The van der Waals surface area contributed by atoms with Crippen molar-refractivity contribution >= 4 is 39.8 Å². The molecule has 2 N–H and O–H groups in total. The van der Waals surface area contributed by atoms with Crippen LogP contribution in [0.1, 0.15) is 25.0 Å². The number of aliphatic imine (C=N–C) groups is 1. The Hall–Kier alpha value is -0.900. The molecular weight excluding hydrogens is 444 g/mol. The van der Waals surface area contributed by atoms with E-state index in [9.17, 15) is 12.8 Å². The molecule has 0 spiro atoms. The van der Waals surface area contributed by atoms with Crippen LogP contribution >= 0.6 is 24.0 Å². The van der Waals surface area contributed by atoms with Gasteiger partial charge in [-0.05, 0) is 50.5 Å². The van der Waals surface area contributed by atoms with Crippen LogP contribution in [0.5, 0.6) is 0 Å². The zero-order valence-electron chi connectivity index (χ0n) is 14.8. The average molecular weight is 471 g/mol. The lowest BCUT2D eigenvalue weighted by atomic mass is 10.1. The van der Waals surface area contributed by atoms with E-state index < -0.39 is 14.6 Å². The summed E-state index contributed by atoms with van der Waals surface area (Å²) >= 11 is 0. The van der Waals surface area contributed by atoms with Crippen LogP contribution in [0.4, 0.5) is 4.39 Å². The fourth-order valence-corrected chi connectivity index (χ4v) is 2.24. The maximum Gasteiger partial charge on any atom is 0.191 e. The molecule has 1 aromatic carbocycles. The van der Waals surface area contributed by atoms with Gasteiger partial charge in [0.1, 0.15) is 5.82 Å². The Balaban J connectivity index is 0.00000529. The van der Waals surface area contributed by atoms with Crippen molar-refractivity contribution in [3.63, 3.8) is 0 Å². The molecule has 5 nitrogen and oxygen atoms in total. The van der Waals surface area contributed by atoms with Crippen LogP contribution in [0.15, 0.2) is 23.2 Å². The van der Waals surface area contributed by atoms with Crippen molar-refractivity contribution in [3.8, 4) is 0 Å². The standard InChI is InChI=1S/C16H26FN3O2S.HI/c1-12-10-14(17)7-6-13(12)8-9-19-15(18-4)20-11-16(2,3)23(5,21)22;/h6-7,10H,8-9,11H2,1-5H3,(H2,18,19,20);1H. The number of hydrogen-bond donors (Lipinski definition) is 2. The third kappa shape index (κ3) is 6.92. The van der Waals surface area contributed by atoms with Crippen molar-refractivity contribution in [3.05, 3.63) is 35.1 Å². The van der Waals surface area contributed by atoms with Gasteiger partial charge in [0.05, 0.1) is 4.75 Å². The molecule has 0 atom stereocenters. The van der Waals surface area contributed by atoms with Crippen LogP contribution < -0.4 is 10.6 Å². The number of sulfone groups is 1. The normalized spacial score (nSPS) is 12.5. The summed E-state index contributed by atoms with van der Waals surface area (Å²) in [7, 11) is -1.53.